The molecular weight excluding hydrogens is 366 g/mol. The minimum absolute atomic E-state index is 0.121. The number of nitrogens with one attached hydrogen (secondary N) is 2. The fourth-order valence-corrected chi connectivity index (χ4v) is 3.02. The number of nitriles is 1. The van der Waals surface area contributed by atoms with Crippen LogP contribution in [0.4, 0.5) is 5.95 Å². The third-order valence-corrected chi connectivity index (χ3v) is 4.79. The van der Waals surface area contributed by atoms with E-state index < -0.39 is 6.04 Å². The van der Waals surface area contributed by atoms with Gasteiger partial charge < -0.3 is 9.88 Å². The number of carbonyl (C=O) groups is 2. The van der Waals surface area contributed by atoms with Gasteiger partial charge >= 0.3 is 0 Å². The Morgan fingerprint density at radius 2 is 1.83 bits per heavy atom. The first kappa shape index (κ1) is 20.1. The molecule has 0 saturated heterocycles. The molecule has 2 amide bonds. The van der Waals surface area contributed by atoms with E-state index in [-0.39, 0.29) is 17.7 Å². The fourth-order valence-electron chi connectivity index (χ4n) is 3.02. The molecule has 7 heteroatoms. The first-order valence-electron chi connectivity index (χ1n) is 9.35. The Bertz CT molecular complexity index is 1110. The summed E-state index contributed by atoms with van der Waals surface area (Å²) < 4.78 is 1.72. The summed E-state index contributed by atoms with van der Waals surface area (Å²) in [4.78, 5) is 29.9. The van der Waals surface area contributed by atoms with Gasteiger partial charge in [0.15, 0.2) is 0 Å². The van der Waals surface area contributed by atoms with Crippen LogP contribution in [0.2, 0.25) is 0 Å². The molecule has 0 aliphatic heterocycles. The number of aromatic nitrogens is 2. The first-order chi connectivity index (χ1) is 13.8. The minimum Gasteiger partial charge on any atom is -0.340 e. The molecule has 148 valence electrons. The fraction of sp³-hybridized carbons (Fsp3) is 0.273. The predicted molar refractivity (Wildman–Crippen MR) is 111 cm³/mol. The molecule has 1 heterocycles. The van der Waals surface area contributed by atoms with E-state index in [1.165, 1.54) is 0 Å². The van der Waals surface area contributed by atoms with Crippen molar-refractivity contribution in [1.82, 2.24) is 14.9 Å². The number of hydrogen-bond acceptors (Lipinski definition) is 4. The van der Waals surface area contributed by atoms with E-state index >= 15 is 0 Å². The van der Waals surface area contributed by atoms with E-state index in [4.69, 9.17) is 5.26 Å². The largest absolute Gasteiger partial charge is 0.340 e. The zero-order chi connectivity index (χ0) is 21.1. The van der Waals surface area contributed by atoms with Crippen LogP contribution in [0.25, 0.3) is 11.0 Å². The molecule has 1 aromatic heterocycles. The summed E-state index contributed by atoms with van der Waals surface area (Å²) in [6.45, 7) is 5.68. The number of fused-ring (bicyclic) bond motifs is 1. The van der Waals surface area contributed by atoms with Crippen molar-refractivity contribution in [2.24, 2.45) is 13.0 Å². The lowest BCUT2D eigenvalue weighted by Gasteiger charge is -2.21. The third-order valence-electron chi connectivity index (χ3n) is 4.79. The Morgan fingerprint density at radius 1 is 1.14 bits per heavy atom. The van der Waals surface area contributed by atoms with E-state index in [1.807, 2.05) is 32.9 Å². The number of rotatable bonds is 5. The van der Waals surface area contributed by atoms with Gasteiger partial charge in [-0.05, 0) is 43.2 Å². The lowest BCUT2D eigenvalue weighted by molar-refractivity contribution is -0.118. The molecule has 3 rings (SSSR count). The highest BCUT2D eigenvalue weighted by Crippen LogP contribution is 2.20. The second-order valence-electron chi connectivity index (χ2n) is 7.36. The van der Waals surface area contributed by atoms with Gasteiger partial charge in [-0.1, -0.05) is 31.5 Å². The standard InChI is InChI=1S/C22H23N5O2/c1-13(2)19(25-20(28)16-8-5-14(3)6-9-16)21(29)26-22-24-17-10-7-15(12-23)11-18(17)27(22)4/h5-11,13,19H,1-4H3,(H,25,28)(H,24,26,29)/t19-/m0/s1. The van der Waals surface area contributed by atoms with Crippen molar-refractivity contribution in [1.29, 1.82) is 5.26 Å². The van der Waals surface area contributed by atoms with Gasteiger partial charge in [0, 0.05) is 12.6 Å². The van der Waals surface area contributed by atoms with Crippen LogP contribution in [-0.2, 0) is 11.8 Å². The van der Waals surface area contributed by atoms with Crippen molar-refractivity contribution >= 4 is 28.8 Å². The molecule has 2 aromatic carbocycles. The summed E-state index contributed by atoms with van der Waals surface area (Å²) >= 11 is 0. The highest BCUT2D eigenvalue weighted by Gasteiger charge is 2.26. The second kappa shape index (κ2) is 8.15. The molecule has 0 aliphatic rings. The van der Waals surface area contributed by atoms with Crippen molar-refractivity contribution in [3.63, 3.8) is 0 Å². The van der Waals surface area contributed by atoms with Gasteiger partial charge in [0.25, 0.3) is 5.91 Å². The van der Waals surface area contributed by atoms with Crippen LogP contribution < -0.4 is 10.6 Å². The number of carbonyl (C=O) groups excluding carboxylic acids is 2. The van der Waals surface area contributed by atoms with Crippen LogP contribution in [0.15, 0.2) is 42.5 Å². The van der Waals surface area contributed by atoms with E-state index in [0.717, 1.165) is 11.1 Å². The molecule has 2 N–H and O–H groups in total. The topological polar surface area (TPSA) is 99.8 Å². The summed E-state index contributed by atoms with van der Waals surface area (Å²) in [5.74, 6) is -0.415. The summed E-state index contributed by atoms with van der Waals surface area (Å²) in [6.07, 6.45) is 0. The number of anilines is 1. The van der Waals surface area contributed by atoms with Crippen LogP contribution in [0.3, 0.4) is 0 Å². The van der Waals surface area contributed by atoms with E-state index in [2.05, 4.69) is 21.7 Å². The molecular formula is C22H23N5O2. The molecule has 1 atom stereocenters. The molecule has 0 bridgehead atoms. The monoisotopic (exact) mass is 389 g/mol. The first-order valence-corrected chi connectivity index (χ1v) is 9.35. The van der Waals surface area contributed by atoms with Crippen molar-refractivity contribution in [3.05, 3.63) is 59.2 Å². The summed E-state index contributed by atoms with van der Waals surface area (Å²) in [5, 5.41) is 14.7. The molecule has 0 spiro atoms. The number of nitrogens with zero attached hydrogens (tertiary/aromatic N) is 3. The molecule has 7 nitrogen and oxygen atoms in total. The predicted octanol–water partition coefficient (Wildman–Crippen LogP) is 3.15. The molecule has 0 aliphatic carbocycles. The van der Waals surface area contributed by atoms with E-state index in [1.54, 1.807) is 41.9 Å². The van der Waals surface area contributed by atoms with Crippen LogP contribution in [0, 0.1) is 24.2 Å². The highest BCUT2D eigenvalue weighted by atomic mass is 16.2. The summed E-state index contributed by atoms with van der Waals surface area (Å²) in [7, 11) is 1.77. The number of imidazole rings is 1. The van der Waals surface area contributed by atoms with Gasteiger partial charge in [-0.15, -0.1) is 0 Å². The van der Waals surface area contributed by atoms with Crippen LogP contribution in [-0.4, -0.2) is 27.4 Å². The maximum absolute atomic E-state index is 12.9. The molecule has 3 aromatic rings. The minimum atomic E-state index is -0.724. The van der Waals surface area contributed by atoms with Crippen molar-refractivity contribution in [3.8, 4) is 6.07 Å². The molecule has 0 fully saturated rings. The smallest absolute Gasteiger partial charge is 0.251 e. The normalized spacial score (nSPS) is 11.9. The maximum atomic E-state index is 12.9. The van der Waals surface area contributed by atoms with Crippen molar-refractivity contribution in [2.75, 3.05) is 5.32 Å². The Hall–Kier alpha value is -3.66. The molecule has 29 heavy (non-hydrogen) atoms. The van der Waals surface area contributed by atoms with Crippen molar-refractivity contribution in [2.45, 2.75) is 26.8 Å². The van der Waals surface area contributed by atoms with Gasteiger partial charge in [0.1, 0.15) is 6.04 Å². The lowest BCUT2D eigenvalue weighted by atomic mass is 10.0. The summed E-state index contributed by atoms with van der Waals surface area (Å²) in [5.41, 5.74) is 3.49. The molecule has 0 unspecified atom stereocenters. The lowest BCUT2D eigenvalue weighted by Crippen LogP contribution is -2.47. The Kier molecular flexibility index (Phi) is 5.64. The van der Waals surface area contributed by atoms with Crippen LogP contribution in [0.5, 0.6) is 0 Å². The Balaban J connectivity index is 1.80. The van der Waals surface area contributed by atoms with Crippen molar-refractivity contribution < 1.29 is 9.59 Å². The number of aryl methyl sites for hydroxylation is 2. The average molecular weight is 389 g/mol. The maximum Gasteiger partial charge on any atom is 0.251 e. The van der Waals surface area contributed by atoms with E-state index in [9.17, 15) is 9.59 Å². The quantitative estimate of drug-likeness (QED) is 0.700. The van der Waals surface area contributed by atoms with E-state index in [0.29, 0.717) is 22.6 Å². The average Bonchev–Trinajstić information content (AvgIpc) is 3.00. The van der Waals surface area contributed by atoms with Gasteiger partial charge in [-0.2, -0.15) is 5.26 Å². The van der Waals surface area contributed by atoms with Gasteiger partial charge in [0.2, 0.25) is 11.9 Å². The number of hydrogen-bond donors (Lipinski definition) is 2. The molecule has 0 saturated carbocycles. The zero-order valence-corrected chi connectivity index (χ0v) is 16.9. The number of amides is 2. The highest BCUT2D eigenvalue weighted by molar-refractivity contribution is 6.01. The van der Waals surface area contributed by atoms with Crippen LogP contribution >= 0.6 is 0 Å². The summed E-state index contributed by atoms with van der Waals surface area (Å²) in [6, 6.07) is 13.7. The van der Waals surface area contributed by atoms with Gasteiger partial charge in [0.05, 0.1) is 22.7 Å². The Labute approximate surface area is 169 Å². The van der Waals surface area contributed by atoms with Gasteiger partial charge in [-0.3, -0.25) is 14.9 Å². The van der Waals surface area contributed by atoms with Gasteiger partial charge in [-0.25, -0.2) is 4.98 Å². The zero-order valence-electron chi connectivity index (χ0n) is 16.9. The van der Waals surface area contributed by atoms with Crippen LogP contribution in [0.1, 0.15) is 35.3 Å². The second-order valence-corrected chi connectivity index (χ2v) is 7.36. The number of benzene rings is 2. The molecule has 0 radical (unpaired) electrons. The Morgan fingerprint density at radius 3 is 2.45 bits per heavy atom. The SMILES string of the molecule is Cc1ccc(C(=O)N[C@H](C(=O)Nc2nc3ccc(C#N)cc3n2C)C(C)C)cc1. The third kappa shape index (κ3) is 4.27.